The van der Waals surface area contributed by atoms with Crippen LogP contribution in [0.3, 0.4) is 0 Å². The van der Waals surface area contributed by atoms with Gasteiger partial charge < -0.3 is 5.32 Å². The first-order valence-electron chi connectivity index (χ1n) is 7.93. The van der Waals surface area contributed by atoms with Gasteiger partial charge in [0.1, 0.15) is 0 Å². The minimum atomic E-state index is -0.152. The van der Waals surface area contributed by atoms with E-state index in [0.29, 0.717) is 16.3 Å². The lowest BCUT2D eigenvalue weighted by atomic mass is 10.1. The lowest BCUT2D eigenvalue weighted by Gasteiger charge is -2.16. The molecule has 1 heterocycles. The van der Waals surface area contributed by atoms with Crippen LogP contribution in [-0.4, -0.2) is 28.1 Å². The van der Waals surface area contributed by atoms with Crippen molar-refractivity contribution in [3.05, 3.63) is 82.6 Å². The number of hydrogen-bond donors (Lipinski definition) is 2. The highest BCUT2D eigenvalue weighted by atomic mass is 35.5. The van der Waals surface area contributed by atoms with Crippen molar-refractivity contribution in [1.29, 1.82) is 0 Å². The Hall–Kier alpha value is -2.63. The molecule has 0 fully saturated rings. The number of amides is 1. The number of nitrogens with one attached hydrogen (secondary N) is 2. The molecule has 1 amide bonds. The number of rotatable bonds is 6. The van der Waals surface area contributed by atoms with Crippen LogP contribution in [0.25, 0.3) is 0 Å². The highest BCUT2D eigenvalue weighted by Gasteiger charge is 2.09. The molecule has 1 aromatic heterocycles. The Kier molecular flexibility index (Phi) is 5.48. The van der Waals surface area contributed by atoms with Crippen LogP contribution in [0.5, 0.6) is 0 Å². The first-order valence-corrected chi connectivity index (χ1v) is 8.30. The van der Waals surface area contributed by atoms with Crippen LogP contribution >= 0.6 is 11.6 Å². The Morgan fingerprint density at radius 3 is 2.76 bits per heavy atom. The molecule has 0 saturated carbocycles. The largest absolute Gasteiger partial charge is 0.322 e. The van der Waals surface area contributed by atoms with Crippen LogP contribution in [0.1, 0.15) is 21.6 Å². The fourth-order valence-electron chi connectivity index (χ4n) is 2.61. The minimum Gasteiger partial charge on any atom is -0.322 e. The molecule has 0 aliphatic carbocycles. The van der Waals surface area contributed by atoms with Gasteiger partial charge in [0, 0.05) is 41.3 Å². The molecular weight excluding hydrogens is 336 g/mol. The van der Waals surface area contributed by atoms with Crippen LogP contribution < -0.4 is 5.32 Å². The predicted molar refractivity (Wildman–Crippen MR) is 99.6 cm³/mol. The second-order valence-corrected chi connectivity index (χ2v) is 6.36. The SMILES string of the molecule is CN(Cc1cccc(C(=O)Nc2cccc(Cl)c2)c1)Cc1ccn[nH]1. The molecule has 5 nitrogen and oxygen atoms in total. The smallest absolute Gasteiger partial charge is 0.255 e. The van der Waals surface area contributed by atoms with E-state index in [0.717, 1.165) is 24.3 Å². The average Bonchev–Trinajstić information content (AvgIpc) is 3.08. The number of aromatic amines is 1. The number of aromatic nitrogens is 2. The summed E-state index contributed by atoms with van der Waals surface area (Å²) in [6.07, 6.45) is 1.74. The van der Waals surface area contributed by atoms with E-state index in [9.17, 15) is 4.79 Å². The summed E-state index contributed by atoms with van der Waals surface area (Å²) >= 11 is 5.95. The molecular formula is C19H19ClN4O. The summed E-state index contributed by atoms with van der Waals surface area (Å²) in [5, 5.41) is 10.4. The van der Waals surface area contributed by atoms with E-state index in [4.69, 9.17) is 11.6 Å². The molecule has 25 heavy (non-hydrogen) atoms. The molecule has 0 spiro atoms. The summed E-state index contributed by atoms with van der Waals surface area (Å²) in [6.45, 7) is 1.50. The maximum Gasteiger partial charge on any atom is 0.255 e. The molecule has 3 rings (SSSR count). The zero-order chi connectivity index (χ0) is 17.6. The van der Waals surface area contributed by atoms with Crippen LogP contribution in [0, 0.1) is 0 Å². The third kappa shape index (κ3) is 4.92. The number of halogens is 1. The van der Waals surface area contributed by atoms with E-state index in [1.54, 1.807) is 30.5 Å². The zero-order valence-electron chi connectivity index (χ0n) is 13.9. The third-order valence-electron chi connectivity index (χ3n) is 3.72. The van der Waals surface area contributed by atoms with Gasteiger partial charge in [-0.05, 0) is 49.0 Å². The van der Waals surface area contributed by atoms with Crippen molar-refractivity contribution in [2.24, 2.45) is 0 Å². The zero-order valence-corrected chi connectivity index (χ0v) is 14.6. The van der Waals surface area contributed by atoms with Crippen molar-refractivity contribution in [1.82, 2.24) is 15.1 Å². The van der Waals surface area contributed by atoms with Gasteiger partial charge in [0.05, 0.1) is 0 Å². The molecule has 0 aliphatic rings. The topological polar surface area (TPSA) is 61.0 Å². The van der Waals surface area contributed by atoms with Gasteiger partial charge in [-0.25, -0.2) is 0 Å². The summed E-state index contributed by atoms with van der Waals surface area (Å²) in [5.41, 5.74) is 3.42. The number of H-pyrrole nitrogens is 1. The first-order chi connectivity index (χ1) is 12.1. The summed E-state index contributed by atoms with van der Waals surface area (Å²) in [7, 11) is 2.03. The highest BCUT2D eigenvalue weighted by molar-refractivity contribution is 6.30. The van der Waals surface area contributed by atoms with Crippen molar-refractivity contribution in [2.45, 2.75) is 13.1 Å². The highest BCUT2D eigenvalue weighted by Crippen LogP contribution is 2.16. The predicted octanol–water partition coefficient (Wildman–Crippen LogP) is 3.95. The number of benzene rings is 2. The Balaban J connectivity index is 1.65. The van der Waals surface area contributed by atoms with Crippen LogP contribution in [-0.2, 0) is 13.1 Å². The standard InChI is InChI=1S/C19H19ClN4O/c1-24(13-18-8-9-21-23-18)12-14-4-2-5-15(10-14)19(25)22-17-7-3-6-16(20)11-17/h2-11H,12-13H2,1H3,(H,21,23)(H,22,25). The lowest BCUT2D eigenvalue weighted by Crippen LogP contribution is -2.18. The first kappa shape index (κ1) is 17.2. The monoisotopic (exact) mass is 354 g/mol. The summed E-state index contributed by atoms with van der Waals surface area (Å²) in [6, 6.07) is 16.7. The molecule has 0 saturated heterocycles. The second kappa shape index (κ2) is 7.96. The summed E-state index contributed by atoms with van der Waals surface area (Å²) in [5.74, 6) is -0.152. The van der Waals surface area contributed by atoms with E-state index in [1.807, 2.05) is 37.4 Å². The second-order valence-electron chi connectivity index (χ2n) is 5.92. The van der Waals surface area contributed by atoms with Gasteiger partial charge in [-0.15, -0.1) is 0 Å². The molecule has 0 unspecified atom stereocenters. The van der Waals surface area contributed by atoms with Crippen LogP contribution in [0.15, 0.2) is 60.8 Å². The quantitative estimate of drug-likeness (QED) is 0.704. The van der Waals surface area contributed by atoms with Gasteiger partial charge in [0.2, 0.25) is 0 Å². The summed E-state index contributed by atoms with van der Waals surface area (Å²) in [4.78, 5) is 14.6. The van der Waals surface area contributed by atoms with Gasteiger partial charge in [-0.2, -0.15) is 5.10 Å². The maximum absolute atomic E-state index is 12.4. The van der Waals surface area contributed by atoms with Crippen molar-refractivity contribution >= 4 is 23.2 Å². The maximum atomic E-state index is 12.4. The molecule has 2 aromatic carbocycles. The average molecular weight is 355 g/mol. The van der Waals surface area contributed by atoms with Crippen molar-refractivity contribution < 1.29 is 4.79 Å². The van der Waals surface area contributed by atoms with E-state index >= 15 is 0 Å². The van der Waals surface area contributed by atoms with Crippen molar-refractivity contribution in [3.8, 4) is 0 Å². The lowest BCUT2D eigenvalue weighted by molar-refractivity contribution is 0.102. The number of anilines is 1. The molecule has 0 bridgehead atoms. The summed E-state index contributed by atoms with van der Waals surface area (Å²) < 4.78 is 0. The van der Waals surface area contributed by atoms with E-state index in [2.05, 4.69) is 20.4 Å². The van der Waals surface area contributed by atoms with Gasteiger partial charge in [-0.3, -0.25) is 14.8 Å². The van der Waals surface area contributed by atoms with Gasteiger partial charge >= 0.3 is 0 Å². The van der Waals surface area contributed by atoms with Gasteiger partial charge in [0.15, 0.2) is 0 Å². The van der Waals surface area contributed by atoms with E-state index < -0.39 is 0 Å². The Bertz CT molecular complexity index is 848. The Morgan fingerprint density at radius 1 is 1.16 bits per heavy atom. The fourth-order valence-corrected chi connectivity index (χ4v) is 2.80. The number of carbonyl (C=O) groups is 1. The number of nitrogens with zero attached hydrogens (tertiary/aromatic N) is 2. The Labute approximate surface area is 151 Å². The molecule has 0 radical (unpaired) electrons. The molecule has 0 atom stereocenters. The van der Waals surface area contributed by atoms with Crippen molar-refractivity contribution in [2.75, 3.05) is 12.4 Å². The van der Waals surface area contributed by atoms with E-state index in [1.165, 1.54) is 0 Å². The minimum absolute atomic E-state index is 0.152. The molecule has 3 aromatic rings. The molecule has 0 aliphatic heterocycles. The molecule has 6 heteroatoms. The molecule has 128 valence electrons. The van der Waals surface area contributed by atoms with Crippen molar-refractivity contribution in [3.63, 3.8) is 0 Å². The Morgan fingerprint density at radius 2 is 2.00 bits per heavy atom. The number of hydrogen-bond acceptors (Lipinski definition) is 3. The van der Waals surface area contributed by atoms with Crippen LogP contribution in [0.2, 0.25) is 5.02 Å². The molecule has 2 N–H and O–H groups in total. The van der Waals surface area contributed by atoms with Crippen LogP contribution in [0.4, 0.5) is 5.69 Å². The normalized spacial score (nSPS) is 10.8. The van der Waals surface area contributed by atoms with E-state index in [-0.39, 0.29) is 5.91 Å². The van der Waals surface area contributed by atoms with Gasteiger partial charge in [0.25, 0.3) is 5.91 Å². The number of carbonyl (C=O) groups excluding carboxylic acids is 1. The van der Waals surface area contributed by atoms with Gasteiger partial charge in [-0.1, -0.05) is 29.8 Å². The third-order valence-corrected chi connectivity index (χ3v) is 3.96. The fraction of sp³-hybridized carbons (Fsp3) is 0.158.